The summed E-state index contributed by atoms with van der Waals surface area (Å²) in [6, 6.07) is 8.00. The van der Waals surface area contributed by atoms with Gasteiger partial charge in [-0.25, -0.2) is 9.59 Å². The number of rotatable bonds is 4. The van der Waals surface area contributed by atoms with Gasteiger partial charge in [-0.3, -0.25) is 4.79 Å². The number of benzene rings is 1. The minimum absolute atomic E-state index is 0.0460. The third-order valence-electron chi connectivity index (χ3n) is 3.83. The monoisotopic (exact) mass is 319 g/mol. The number of carbonyl (C=O) groups is 3. The molecule has 0 spiro atoms. The maximum atomic E-state index is 12.1. The van der Waals surface area contributed by atoms with Gasteiger partial charge < -0.3 is 14.4 Å². The Morgan fingerprint density at radius 3 is 2.52 bits per heavy atom. The van der Waals surface area contributed by atoms with Gasteiger partial charge in [0.15, 0.2) is 5.78 Å². The molecule has 124 valence electrons. The summed E-state index contributed by atoms with van der Waals surface area (Å²) >= 11 is 0. The molecule has 1 aliphatic carbocycles. The van der Waals surface area contributed by atoms with Gasteiger partial charge >= 0.3 is 12.1 Å². The Kier molecular flexibility index (Phi) is 5.73. The first-order valence-electron chi connectivity index (χ1n) is 7.71. The molecular weight excluding hydrogens is 298 g/mol. The molecule has 6 nitrogen and oxygen atoms in total. The standard InChI is InChI=1S/C17H21NO5/c1-12(22-16(20)13-8-4-3-5-9-13)23-17(21)18(2)14-10-6-7-11-15(14)19/h3-5,8-9,12,14H,6-7,10-11H2,1-2H3. The van der Waals surface area contributed by atoms with Crippen LogP contribution in [0.25, 0.3) is 0 Å². The van der Waals surface area contributed by atoms with E-state index in [0.717, 1.165) is 12.8 Å². The second kappa shape index (κ2) is 7.76. The SMILES string of the molecule is CC(OC(=O)c1ccccc1)OC(=O)N(C)C1CCCCC1=O. The van der Waals surface area contributed by atoms with E-state index < -0.39 is 24.4 Å². The molecule has 23 heavy (non-hydrogen) atoms. The van der Waals surface area contributed by atoms with Crippen LogP contribution in [0.1, 0.15) is 43.0 Å². The predicted molar refractivity (Wildman–Crippen MR) is 82.8 cm³/mol. The third kappa shape index (κ3) is 4.55. The van der Waals surface area contributed by atoms with Crippen molar-refractivity contribution < 1.29 is 23.9 Å². The largest absolute Gasteiger partial charge is 0.422 e. The smallest absolute Gasteiger partial charge is 0.413 e. The maximum absolute atomic E-state index is 12.1. The molecule has 0 saturated heterocycles. The second-order valence-electron chi connectivity index (χ2n) is 5.56. The van der Waals surface area contributed by atoms with Crippen molar-refractivity contribution in [2.24, 2.45) is 0 Å². The third-order valence-corrected chi connectivity index (χ3v) is 3.83. The number of ketones is 1. The Bertz CT molecular complexity index is 572. The van der Waals surface area contributed by atoms with Gasteiger partial charge in [0.25, 0.3) is 0 Å². The fraction of sp³-hybridized carbons (Fsp3) is 0.471. The highest BCUT2D eigenvalue weighted by atomic mass is 16.7. The van der Waals surface area contributed by atoms with E-state index in [1.165, 1.54) is 18.9 Å². The summed E-state index contributed by atoms with van der Waals surface area (Å²) in [5.41, 5.74) is 0.381. The normalized spacial score (nSPS) is 18.9. The van der Waals surface area contributed by atoms with E-state index in [-0.39, 0.29) is 5.78 Å². The van der Waals surface area contributed by atoms with Crippen LogP contribution in [0.2, 0.25) is 0 Å². The van der Waals surface area contributed by atoms with Crippen LogP contribution in [0.3, 0.4) is 0 Å². The molecule has 2 unspecified atom stereocenters. The first kappa shape index (κ1) is 17.0. The molecule has 0 aromatic heterocycles. The Morgan fingerprint density at radius 1 is 1.17 bits per heavy atom. The van der Waals surface area contributed by atoms with E-state index in [1.807, 2.05) is 0 Å². The molecule has 2 atom stereocenters. The Labute approximate surface area is 135 Å². The number of Topliss-reactive ketones (excluding diaryl/α,β-unsaturated/α-hetero) is 1. The quantitative estimate of drug-likeness (QED) is 0.630. The summed E-state index contributed by atoms with van der Waals surface area (Å²) in [6.07, 6.45) is 1.20. The van der Waals surface area contributed by atoms with Gasteiger partial charge in [0, 0.05) is 20.4 Å². The van der Waals surface area contributed by atoms with E-state index in [9.17, 15) is 14.4 Å². The molecule has 0 heterocycles. The van der Waals surface area contributed by atoms with Crippen molar-refractivity contribution in [2.75, 3.05) is 7.05 Å². The molecule has 1 saturated carbocycles. The Morgan fingerprint density at radius 2 is 1.87 bits per heavy atom. The zero-order valence-electron chi connectivity index (χ0n) is 13.4. The van der Waals surface area contributed by atoms with Crippen molar-refractivity contribution in [3.05, 3.63) is 35.9 Å². The van der Waals surface area contributed by atoms with Crippen LogP contribution in [0, 0.1) is 0 Å². The molecule has 6 heteroatoms. The van der Waals surface area contributed by atoms with E-state index in [4.69, 9.17) is 9.47 Å². The molecule has 0 aliphatic heterocycles. The van der Waals surface area contributed by atoms with Crippen LogP contribution in [-0.2, 0) is 14.3 Å². The number of hydrogen-bond acceptors (Lipinski definition) is 5. The van der Waals surface area contributed by atoms with Crippen molar-refractivity contribution >= 4 is 17.8 Å². The fourth-order valence-corrected chi connectivity index (χ4v) is 2.54. The van der Waals surface area contributed by atoms with Gasteiger partial charge in [0.1, 0.15) is 0 Å². The number of likely N-dealkylation sites (N-methyl/N-ethyl adjacent to an activating group) is 1. The van der Waals surface area contributed by atoms with Crippen molar-refractivity contribution in [1.29, 1.82) is 0 Å². The Hall–Kier alpha value is -2.37. The number of esters is 1. The number of carbonyl (C=O) groups excluding carboxylic acids is 3. The summed E-state index contributed by atoms with van der Waals surface area (Å²) in [7, 11) is 1.53. The average Bonchev–Trinajstić information content (AvgIpc) is 2.55. The van der Waals surface area contributed by atoms with Gasteiger partial charge in [-0.15, -0.1) is 0 Å². The van der Waals surface area contributed by atoms with E-state index in [2.05, 4.69) is 0 Å². The molecule has 0 radical (unpaired) electrons. The highest BCUT2D eigenvalue weighted by molar-refractivity contribution is 5.89. The van der Waals surface area contributed by atoms with Crippen LogP contribution < -0.4 is 0 Å². The summed E-state index contributed by atoms with van der Waals surface area (Å²) < 4.78 is 10.2. The first-order valence-corrected chi connectivity index (χ1v) is 7.71. The second-order valence-corrected chi connectivity index (χ2v) is 5.56. The lowest BCUT2D eigenvalue weighted by Crippen LogP contribution is -2.45. The number of hydrogen-bond donors (Lipinski definition) is 0. The molecule has 1 fully saturated rings. The van der Waals surface area contributed by atoms with Crippen molar-refractivity contribution in [2.45, 2.75) is 44.9 Å². The van der Waals surface area contributed by atoms with Crippen LogP contribution in [0.4, 0.5) is 4.79 Å². The van der Waals surface area contributed by atoms with Crippen LogP contribution in [-0.4, -0.2) is 42.1 Å². The molecular formula is C17H21NO5. The number of amides is 1. The van der Waals surface area contributed by atoms with E-state index >= 15 is 0 Å². The minimum atomic E-state index is -1.03. The van der Waals surface area contributed by atoms with Crippen molar-refractivity contribution in [1.82, 2.24) is 4.90 Å². The summed E-state index contributed by atoms with van der Waals surface area (Å²) in [4.78, 5) is 37.1. The van der Waals surface area contributed by atoms with Gasteiger partial charge in [-0.1, -0.05) is 24.6 Å². The highest BCUT2D eigenvalue weighted by Crippen LogP contribution is 2.19. The first-order chi connectivity index (χ1) is 11.0. The van der Waals surface area contributed by atoms with Gasteiger partial charge in [0.2, 0.25) is 6.29 Å². The van der Waals surface area contributed by atoms with E-state index in [0.29, 0.717) is 18.4 Å². The highest BCUT2D eigenvalue weighted by Gasteiger charge is 2.30. The molecule has 2 rings (SSSR count). The van der Waals surface area contributed by atoms with Crippen LogP contribution >= 0.6 is 0 Å². The lowest BCUT2D eigenvalue weighted by molar-refractivity contribution is -0.126. The van der Waals surface area contributed by atoms with Crippen LogP contribution in [0.15, 0.2) is 30.3 Å². The average molecular weight is 319 g/mol. The molecule has 0 N–H and O–H groups in total. The van der Waals surface area contributed by atoms with Gasteiger partial charge in [-0.2, -0.15) is 0 Å². The summed E-state index contributed by atoms with van der Waals surface area (Å²) in [6.45, 7) is 1.47. The van der Waals surface area contributed by atoms with Crippen LogP contribution in [0.5, 0.6) is 0 Å². The zero-order valence-corrected chi connectivity index (χ0v) is 13.4. The molecule has 1 aliphatic rings. The number of ether oxygens (including phenoxy) is 2. The predicted octanol–water partition coefficient (Wildman–Crippen LogP) is 2.77. The van der Waals surface area contributed by atoms with Crippen molar-refractivity contribution in [3.63, 3.8) is 0 Å². The zero-order chi connectivity index (χ0) is 16.8. The lowest BCUT2D eigenvalue weighted by Gasteiger charge is -2.30. The summed E-state index contributed by atoms with van der Waals surface area (Å²) in [5.74, 6) is -0.521. The topological polar surface area (TPSA) is 72.9 Å². The number of nitrogens with zero attached hydrogens (tertiary/aromatic N) is 1. The lowest BCUT2D eigenvalue weighted by atomic mass is 9.93. The van der Waals surface area contributed by atoms with E-state index in [1.54, 1.807) is 30.3 Å². The Balaban J connectivity index is 1.86. The van der Waals surface area contributed by atoms with Gasteiger partial charge in [0.05, 0.1) is 11.6 Å². The molecule has 1 aromatic rings. The minimum Gasteiger partial charge on any atom is -0.422 e. The molecule has 1 amide bonds. The molecule has 1 aromatic carbocycles. The van der Waals surface area contributed by atoms with Gasteiger partial charge in [-0.05, 0) is 25.0 Å². The van der Waals surface area contributed by atoms with Crippen molar-refractivity contribution in [3.8, 4) is 0 Å². The molecule has 0 bridgehead atoms. The fourth-order valence-electron chi connectivity index (χ4n) is 2.54. The summed E-state index contributed by atoms with van der Waals surface area (Å²) in [5, 5.41) is 0. The maximum Gasteiger partial charge on any atom is 0.413 e.